The molecule has 0 bridgehead atoms. The van der Waals surface area contributed by atoms with Crippen LogP contribution in [0.3, 0.4) is 0 Å². The highest BCUT2D eigenvalue weighted by Crippen LogP contribution is 2.39. The first kappa shape index (κ1) is 24.8. The van der Waals surface area contributed by atoms with Crippen LogP contribution in [0.25, 0.3) is 22.7 Å². The van der Waals surface area contributed by atoms with Gasteiger partial charge in [-0.1, -0.05) is 12.8 Å². The van der Waals surface area contributed by atoms with Gasteiger partial charge in [0.25, 0.3) is 0 Å². The topological polar surface area (TPSA) is 106 Å². The van der Waals surface area contributed by atoms with Crippen LogP contribution < -0.4 is 5.32 Å². The molecule has 3 aromatic heterocycles. The fourth-order valence-corrected chi connectivity index (χ4v) is 6.21. The number of aromatic carboxylic acids is 1. The van der Waals surface area contributed by atoms with E-state index in [1.165, 1.54) is 44.1 Å². The lowest BCUT2D eigenvalue weighted by atomic mass is 9.80. The molecule has 38 heavy (non-hydrogen) atoms. The molecule has 0 unspecified atom stereocenters. The Kier molecular flexibility index (Phi) is 6.77. The molecule has 8 nitrogen and oxygen atoms in total. The van der Waals surface area contributed by atoms with Gasteiger partial charge in [0.2, 0.25) is 5.82 Å². The molecular weight excluding hydrogens is 476 g/mol. The molecule has 6 rings (SSSR count). The highest BCUT2D eigenvalue weighted by atomic mass is 16.4. The summed E-state index contributed by atoms with van der Waals surface area (Å²) in [6.45, 7) is 2.91. The first-order valence-electron chi connectivity index (χ1n) is 14.2. The second-order valence-corrected chi connectivity index (χ2v) is 11.5. The van der Waals surface area contributed by atoms with Gasteiger partial charge in [0.05, 0.1) is 0 Å². The Morgan fingerprint density at radius 2 is 1.89 bits per heavy atom. The van der Waals surface area contributed by atoms with E-state index >= 15 is 0 Å². The van der Waals surface area contributed by atoms with Gasteiger partial charge in [-0.15, -0.1) is 12.3 Å². The second kappa shape index (κ2) is 10.4. The fraction of sp³-hybridized carbons (Fsp3) is 0.567. The molecule has 0 aromatic carbocycles. The number of terminal acetylenes is 1. The minimum Gasteiger partial charge on any atom is -0.475 e. The summed E-state index contributed by atoms with van der Waals surface area (Å²) in [5, 5.41) is 13.4. The number of anilines is 1. The molecule has 3 fully saturated rings. The summed E-state index contributed by atoms with van der Waals surface area (Å²) in [7, 11) is 0. The lowest BCUT2D eigenvalue weighted by Crippen LogP contribution is -2.31. The van der Waals surface area contributed by atoms with Crippen LogP contribution in [-0.4, -0.2) is 41.6 Å². The number of carbonyl (C=O) groups is 1. The van der Waals surface area contributed by atoms with Crippen LogP contribution in [0, 0.1) is 30.1 Å². The summed E-state index contributed by atoms with van der Waals surface area (Å²) in [6.07, 6.45) is 19.0. The minimum atomic E-state index is -1.15. The molecule has 0 amide bonds. The number of carboxylic acids is 1. The van der Waals surface area contributed by atoms with Crippen molar-refractivity contribution in [2.24, 2.45) is 17.8 Å². The molecule has 198 valence electrons. The normalized spacial score (nSPS) is 22.8. The number of carboxylic acid groups (broad SMARTS) is 1. The average molecular weight is 513 g/mol. The van der Waals surface area contributed by atoms with E-state index in [9.17, 15) is 9.90 Å². The van der Waals surface area contributed by atoms with Crippen molar-refractivity contribution >= 4 is 23.0 Å². The summed E-state index contributed by atoms with van der Waals surface area (Å²) in [5.74, 6) is 4.77. The molecule has 3 heterocycles. The minimum absolute atomic E-state index is 0.182. The first-order valence-corrected chi connectivity index (χ1v) is 14.2. The quantitative estimate of drug-likeness (QED) is 0.362. The van der Waals surface area contributed by atoms with Crippen molar-refractivity contribution in [2.45, 2.75) is 89.6 Å². The third-order valence-electron chi connectivity index (χ3n) is 9.13. The summed E-state index contributed by atoms with van der Waals surface area (Å²) in [4.78, 5) is 30.5. The van der Waals surface area contributed by atoms with Gasteiger partial charge >= 0.3 is 5.97 Å². The zero-order chi connectivity index (χ0) is 26.2. The maximum absolute atomic E-state index is 12.0. The lowest BCUT2D eigenvalue weighted by Gasteiger charge is -2.32. The van der Waals surface area contributed by atoms with E-state index in [-0.39, 0.29) is 11.9 Å². The van der Waals surface area contributed by atoms with Crippen LogP contribution in [0.5, 0.6) is 0 Å². The molecule has 3 aromatic rings. The third kappa shape index (κ3) is 4.75. The summed E-state index contributed by atoms with van der Waals surface area (Å²) < 4.78 is 2.20. The molecule has 1 atom stereocenters. The predicted molar refractivity (Wildman–Crippen MR) is 147 cm³/mol. The second-order valence-electron chi connectivity index (χ2n) is 11.5. The Morgan fingerprint density at radius 1 is 1.13 bits per heavy atom. The van der Waals surface area contributed by atoms with E-state index in [1.807, 2.05) is 6.20 Å². The van der Waals surface area contributed by atoms with Crippen molar-refractivity contribution in [3.05, 3.63) is 29.7 Å². The monoisotopic (exact) mass is 512 g/mol. The number of fused-ring (bicyclic) bond motifs is 1. The highest BCUT2D eigenvalue weighted by molar-refractivity contribution is 5.92. The predicted octanol–water partition coefficient (Wildman–Crippen LogP) is 5.89. The maximum atomic E-state index is 12.0. The van der Waals surface area contributed by atoms with E-state index in [0.717, 1.165) is 49.3 Å². The average Bonchev–Trinajstić information content (AvgIpc) is 3.21. The van der Waals surface area contributed by atoms with Gasteiger partial charge in [0, 0.05) is 24.7 Å². The Labute approximate surface area is 223 Å². The molecule has 3 saturated carbocycles. The van der Waals surface area contributed by atoms with Crippen molar-refractivity contribution in [3.63, 3.8) is 0 Å². The van der Waals surface area contributed by atoms with E-state index in [0.29, 0.717) is 35.1 Å². The van der Waals surface area contributed by atoms with Crippen molar-refractivity contribution in [2.75, 3.05) is 5.32 Å². The Hall–Kier alpha value is -3.47. The number of pyridine rings is 1. The van der Waals surface area contributed by atoms with Gasteiger partial charge in [-0.25, -0.2) is 19.7 Å². The molecule has 2 N–H and O–H groups in total. The Morgan fingerprint density at radius 3 is 2.53 bits per heavy atom. The van der Waals surface area contributed by atoms with E-state index in [2.05, 4.69) is 44.8 Å². The van der Waals surface area contributed by atoms with Gasteiger partial charge in [-0.3, -0.25) is 4.98 Å². The SMILES string of the molecule is C#C[C@H]1CC[C@H](Cn2c(-c3cc(C4CCC4)ccn3)nc3nc(C(=O)O)nc(N[C@H](C)C4CCC4)c32)CC1. The van der Waals surface area contributed by atoms with Gasteiger partial charge < -0.3 is 15.0 Å². The first-order chi connectivity index (χ1) is 18.5. The van der Waals surface area contributed by atoms with Crippen molar-refractivity contribution in [1.82, 2.24) is 24.5 Å². The van der Waals surface area contributed by atoms with Gasteiger partial charge in [0.15, 0.2) is 17.3 Å². The fourth-order valence-electron chi connectivity index (χ4n) is 6.21. The Balaban J connectivity index is 1.46. The van der Waals surface area contributed by atoms with Crippen LogP contribution in [0.4, 0.5) is 5.82 Å². The van der Waals surface area contributed by atoms with Crippen LogP contribution in [0.1, 0.15) is 93.2 Å². The number of aromatic nitrogens is 5. The largest absolute Gasteiger partial charge is 0.475 e. The molecule has 0 saturated heterocycles. The van der Waals surface area contributed by atoms with Gasteiger partial charge in [0.1, 0.15) is 11.2 Å². The van der Waals surface area contributed by atoms with Crippen LogP contribution >= 0.6 is 0 Å². The van der Waals surface area contributed by atoms with Crippen LogP contribution in [-0.2, 0) is 6.54 Å². The van der Waals surface area contributed by atoms with Crippen molar-refractivity contribution < 1.29 is 9.90 Å². The number of nitrogens with one attached hydrogen (secondary N) is 1. The van der Waals surface area contributed by atoms with E-state index < -0.39 is 5.97 Å². The van der Waals surface area contributed by atoms with E-state index in [4.69, 9.17) is 16.4 Å². The smallest absolute Gasteiger partial charge is 0.374 e. The van der Waals surface area contributed by atoms with Crippen LogP contribution in [0.2, 0.25) is 0 Å². The van der Waals surface area contributed by atoms with Crippen molar-refractivity contribution in [1.29, 1.82) is 0 Å². The van der Waals surface area contributed by atoms with E-state index in [1.54, 1.807) is 0 Å². The zero-order valence-electron chi connectivity index (χ0n) is 22.1. The molecule has 3 aliphatic carbocycles. The number of nitrogens with zero attached hydrogens (tertiary/aromatic N) is 5. The summed E-state index contributed by atoms with van der Waals surface area (Å²) in [6, 6.07) is 4.45. The Bertz CT molecular complexity index is 1380. The third-order valence-corrected chi connectivity index (χ3v) is 9.13. The van der Waals surface area contributed by atoms with Gasteiger partial charge in [-0.05, 0) is 93.7 Å². The number of imidazole rings is 1. The maximum Gasteiger partial charge on any atom is 0.374 e. The number of rotatable bonds is 8. The lowest BCUT2D eigenvalue weighted by molar-refractivity contribution is 0.0684. The summed E-state index contributed by atoms with van der Waals surface area (Å²) >= 11 is 0. The highest BCUT2D eigenvalue weighted by Gasteiger charge is 2.29. The number of hydrogen-bond donors (Lipinski definition) is 2. The molecule has 8 heteroatoms. The molecule has 3 aliphatic rings. The molecule has 0 spiro atoms. The number of hydrogen-bond acceptors (Lipinski definition) is 6. The zero-order valence-corrected chi connectivity index (χ0v) is 22.1. The molecule has 0 aliphatic heterocycles. The van der Waals surface area contributed by atoms with Gasteiger partial charge in [-0.2, -0.15) is 0 Å². The molecule has 0 radical (unpaired) electrons. The molecular formula is C30H36N6O2. The van der Waals surface area contributed by atoms with Crippen LogP contribution in [0.15, 0.2) is 18.3 Å². The van der Waals surface area contributed by atoms with Crippen molar-refractivity contribution in [3.8, 4) is 23.9 Å². The summed E-state index contributed by atoms with van der Waals surface area (Å²) in [5.41, 5.74) is 3.28. The standard InChI is InChI=1S/C30H36N6O2/c1-3-19-10-12-20(13-11-19)17-36-25-26(32-18(2)21-6-4-7-21)33-28(30(37)38)34-27(25)35-29(36)24-16-23(14-15-31-24)22-8-5-9-22/h1,14-16,18-22H,4-13,17H2,2H3,(H,37,38)(H,32,33,34)/t18-,19-,20-/m1/s1.